The van der Waals surface area contributed by atoms with Crippen molar-refractivity contribution in [3.63, 3.8) is 0 Å². The molecule has 0 aliphatic carbocycles. The Bertz CT molecular complexity index is 1440. The first-order valence-corrected chi connectivity index (χ1v) is 14.8. The van der Waals surface area contributed by atoms with Gasteiger partial charge in [-0.05, 0) is 54.7 Å². The van der Waals surface area contributed by atoms with Crippen molar-refractivity contribution in [1.29, 1.82) is 0 Å². The third-order valence-corrected chi connectivity index (χ3v) is 8.41. The van der Waals surface area contributed by atoms with Gasteiger partial charge in [0.2, 0.25) is 16.8 Å². The van der Waals surface area contributed by atoms with E-state index in [0.717, 1.165) is 16.7 Å². The summed E-state index contributed by atoms with van der Waals surface area (Å²) in [5.41, 5.74) is 2.94. The second kappa shape index (κ2) is 13.2. The van der Waals surface area contributed by atoms with E-state index in [1.165, 1.54) is 22.5 Å². The van der Waals surface area contributed by atoms with Crippen molar-refractivity contribution < 1.29 is 37.6 Å². The highest BCUT2D eigenvalue weighted by molar-refractivity contribution is 7.89. The molecule has 11 heteroatoms. The number of benzene rings is 3. The SMILES string of the molecule is Cc1cccc(COc2ccc(C[C@H](NC(=O)O)[C@@H](O)CN(CC(C)C)S(=O)(=O)c3ccc4c(c3)OCO4)cc2)c1. The van der Waals surface area contributed by atoms with Crippen LogP contribution in [0.3, 0.4) is 0 Å². The van der Waals surface area contributed by atoms with E-state index >= 15 is 0 Å². The van der Waals surface area contributed by atoms with E-state index in [1.54, 1.807) is 24.3 Å². The van der Waals surface area contributed by atoms with Crippen molar-refractivity contribution in [1.82, 2.24) is 9.62 Å². The number of nitrogens with zero attached hydrogens (tertiary/aromatic N) is 1. The summed E-state index contributed by atoms with van der Waals surface area (Å²) in [6.07, 6.45) is -2.50. The van der Waals surface area contributed by atoms with Gasteiger partial charge in [-0.3, -0.25) is 0 Å². The van der Waals surface area contributed by atoms with Crippen molar-refractivity contribution in [2.24, 2.45) is 5.92 Å². The molecule has 0 unspecified atom stereocenters. The van der Waals surface area contributed by atoms with Crippen LogP contribution in [0.4, 0.5) is 4.79 Å². The highest BCUT2D eigenvalue weighted by Crippen LogP contribution is 2.35. The lowest BCUT2D eigenvalue weighted by atomic mass is 10.0. The number of rotatable bonds is 13. The molecule has 220 valence electrons. The molecule has 1 aliphatic heterocycles. The third kappa shape index (κ3) is 8.12. The average Bonchev–Trinajstić information content (AvgIpc) is 3.39. The van der Waals surface area contributed by atoms with Crippen LogP contribution in [0.15, 0.2) is 71.6 Å². The van der Waals surface area contributed by atoms with Crippen molar-refractivity contribution in [3.8, 4) is 17.2 Å². The number of nitrogens with one attached hydrogen (secondary N) is 1. The largest absolute Gasteiger partial charge is 0.489 e. The van der Waals surface area contributed by atoms with Gasteiger partial charge < -0.3 is 29.7 Å². The number of hydrogen-bond donors (Lipinski definition) is 3. The number of hydrogen-bond acceptors (Lipinski definition) is 7. The molecule has 0 radical (unpaired) electrons. The van der Waals surface area contributed by atoms with Crippen molar-refractivity contribution in [2.75, 3.05) is 19.9 Å². The van der Waals surface area contributed by atoms with Gasteiger partial charge in [-0.25, -0.2) is 13.2 Å². The van der Waals surface area contributed by atoms with Gasteiger partial charge in [-0.2, -0.15) is 4.31 Å². The summed E-state index contributed by atoms with van der Waals surface area (Å²) in [5, 5.41) is 23.0. The highest BCUT2D eigenvalue weighted by Gasteiger charge is 2.32. The van der Waals surface area contributed by atoms with Gasteiger partial charge in [0.1, 0.15) is 12.4 Å². The van der Waals surface area contributed by atoms with Crippen LogP contribution in [0, 0.1) is 12.8 Å². The fourth-order valence-corrected chi connectivity index (χ4v) is 6.22. The van der Waals surface area contributed by atoms with Gasteiger partial charge in [-0.15, -0.1) is 0 Å². The monoisotopic (exact) mass is 584 g/mol. The number of aliphatic hydroxyl groups excluding tert-OH is 1. The van der Waals surface area contributed by atoms with Crippen LogP contribution in [0.2, 0.25) is 0 Å². The summed E-state index contributed by atoms with van der Waals surface area (Å²) in [6.45, 7) is 5.98. The maximum absolute atomic E-state index is 13.6. The number of sulfonamides is 1. The van der Waals surface area contributed by atoms with E-state index in [4.69, 9.17) is 14.2 Å². The number of fused-ring (bicyclic) bond motifs is 1. The van der Waals surface area contributed by atoms with Gasteiger partial charge in [0, 0.05) is 19.2 Å². The minimum absolute atomic E-state index is 0.00130. The standard InChI is InChI=1S/C30H36N2O8S/c1-20(2)16-32(41(36,37)25-11-12-28-29(15-25)40-19-39-28)17-27(33)26(31-30(34)35)14-22-7-9-24(10-8-22)38-18-23-6-4-5-21(3)13-23/h4-13,15,20,26-27,31,33H,14,16-19H2,1-3H3,(H,34,35)/t26-,27-/m0/s1. The molecule has 3 N–H and O–H groups in total. The lowest BCUT2D eigenvalue weighted by molar-refractivity contribution is 0.0980. The molecule has 1 amide bonds. The summed E-state index contributed by atoms with van der Waals surface area (Å²) < 4.78 is 44.9. The molecule has 41 heavy (non-hydrogen) atoms. The Kier molecular flexibility index (Phi) is 9.74. The Morgan fingerprint density at radius 1 is 1.00 bits per heavy atom. The second-order valence-electron chi connectivity index (χ2n) is 10.5. The first kappa shape index (κ1) is 30.2. The Balaban J connectivity index is 1.46. The number of ether oxygens (including phenoxy) is 3. The molecule has 2 atom stereocenters. The molecule has 0 saturated heterocycles. The minimum atomic E-state index is -4.04. The Hall–Kier alpha value is -3.80. The lowest BCUT2D eigenvalue weighted by Crippen LogP contribution is -2.50. The van der Waals surface area contributed by atoms with Crippen molar-refractivity contribution in [3.05, 3.63) is 83.4 Å². The van der Waals surface area contributed by atoms with Gasteiger partial charge in [0.15, 0.2) is 11.5 Å². The van der Waals surface area contributed by atoms with Crippen LogP contribution < -0.4 is 19.5 Å². The maximum atomic E-state index is 13.6. The van der Waals surface area contributed by atoms with Gasteiger partial charge in [0.05, 0.1) is 17.0 Å². The number of aliphatic hydroxyl groups is 1. The summed E-state index contributed by atoms with van der Waals surface area (Å²) in [5.74, 6) is 1.38. The lowest BCUT2D eigenvalue weighted by Gasteiger charge is -2.30. The van der Waals surface area contributed by atoms with Crippen LogP contribution in [-0.4, -0.2) is 61.1 Å². The number of carbonyl (C=O) groups is 1. The highest BCUT2D eigenvalue weighted by atomic mass is 32.2. The summed E-state index contributed by atoms with van der Waals surface area (Å²) in [4.78, 5) is 11.6. The van der Waals surface area contributed by atoms with Gasteiger partial charge in [-0.1, -0.05) is 55.8 Å². The zero-order valence-electron chi connectivity index (χ0n) is 23.3. The Morgan fingerprint density at radius 3 is 2.41 bits per heavy atom. The average molecular weight is 585 g/mol. The molecule has 10 nitrogen and oxygen atoms in total. The van der Waals surface area contributed by atoms with Gasteiger partial charge >= 0.3 is 6.09 Å². The molecule has 0 fully saturated rings. The zero-order chi connectivity index (χ0) is 29.6. The molecule has 3 aromatic carbocycles. The molecule has 1 heterocycles. The van der Waals surface area contributed by atoms with Crippen molar-refractivity contribution >= 4 is 16.1 Å². The van der Waals surface area contributed by atoms with Crippen LogP contribution in [0.1, 0.15) is 30.5 Å². The van der Waals surface area contributed by atoms with E-state index < -0.39 is 28.3 Å². The van der Waals surface area contributed by atoms with Gasteiger partial charge in [0.25, 0.3) is 0 Å². The van der Waals surface area contributed by atoms with Crippen LogP contribution in [-0.2, 0) is 23.1 Å². The third-order valence-electron chi connectivity index (χ3n) is 6.58. The van der Waals surface area contributed by atoms with E-state index in [9.17, 15) is 23.4 Å². The maximum Gasteiger partial charge on any atom is 0.404 e. The molecule has 1 aliphatic rings. The van der Waals surface area contributed by atoms with Crippen molar-refractivity contribution in [2.45, 2.75) is 50.8 Å². The first-order valence-electron chi connectivity index (χ1n) is 13.4. The van der Waals surface area contributed by atoms with E-state index in [-0.39, 0.29) is 37.1 Å². The molecule has 4 rings (SSSR count). The minimum Gasteiger partial charge on any atom is -0.489 e. The second-order valence-corrected chi connectivity index (χ2v) is 12.4. The smallest absolute Gasteiger partial charge is 0.404 e. The van der Waals surface area contributed by atoms with Crippen LogP contribution >= 0.6 is 0 Å². The predicted molar refractivity (Wildman–Crippen MR) is 153 cm³/mol. The predicted octanol–water partition coefficient (Wildman–Crippen LogP) is 4.19. The summed E-state index contributed by atoms with van der Waals surface area (Å²) in [7, 11) is -4.04. The first-order chi connectivity index (χ1) is 19.5. The molecule has 3 aromatic rings. The molecule has 0 bridgehead atoms. The molecule has 0 saturated carbocycles. The normalized spacial score (nSPS) is 14.2. The van der Waals surface area contributed by atoms with Crippen LogP contribution in [0.25, 0.3) is 0 Å². The topological polar surface area (TPSA) is 135 Å². The Morgan fingerprint density at radius 2 is 1.73 bits per heavy atom. The zero-order valence-corrected chi connectivity index (χ0v) is 24.1. The molecule has 0 aromatic heterocycles. The van der Waals surface area contributed by atoms with Crippen LogP contribution in [0.5, 0.6) is 17.2 Å². The fraction of sp³-hybridized carbons (Fsp3) is 0.367. The summed E-state index contributed by atoms with van der Waals surface area (Å²) in [6, 6.07) is 18.6. The van der Waals surface area contributed by atoms with E-state index in [1.807, 2.05) is 45.0 Å². The summed E-state index contributed by atoms with van der Waals surface area (Å²) >= 11 is 0. The molecule has 0 spiro atoms. The number of amides is 1. The van der Waals surface area contributed by atoms with E-state index in [0.29, 0.717) is 23.9 Å². The quantitative estimate of drug-likeness (QED) is 0.272. The Labute approximate surface area is 240 Å². The number of carboxylic acid groups (broad SMARTS) is 1. The molecular weight excluding hydrogens is 548 g/mol. The molecular formula is C30H36N2O8S. The van der Waals surface area contributed by atoms with E-state index in [2.05, 4.69) is 5.32 Å². The fourth-order valence-electron chi connectivity index (χ4n) is 4.59. The number of aryl methyl sites for hydroxylation is 1.